The van der Waals surface area contributed by atoms with Crippen molar-refractivity contribution < 1.29 is 9.53 Å². The Morgan fingerprint density at radius 2 is 1.80 bits per heavy atom. The number of carbonyl (C=O) groups excluding carboxylic acids is 1. The van der Waals surface area contributed by atoms with E-state index in [9.17, 15) is 4.79 Å². The molecule has 5 heteroatoms. The Kier molecular flexibility index (Phi) is 6.26. The maximum atomic E-state index is 12.0. The van der Waals surface area contributed by atoms with Gasteiger partial charge in [-0.25, -0.2) is 9.78 Å². The molecule has 2 aromatic rings. The lowest BCUT2D eigenvalue weighted by Gasteiger charge is -2.29. The van der Waals surface area contributed by atoms with E-state index in [1.54, 1.807) is 6.20 Å². The molecule has 0 atom stereocenters. The van der Waals surface area contributed by atoms with Crippen LogP contribution in [0.4, 0.5) is 4.79 Å². The largest absolute Gasteiger partial charge is 0.474 e. The summed E-state index contributed by atoms with van der Waals surface area (Å²) in [6.45, 7) is 0.647. The zero-order chi connectivity index (χ0) is 17.3. The predicted molar refractivity (Wildman–Crippen MR) is 97.6 cm³/mol. The summed E-state index contributed by atoms with van der Waals surface area (Å²) < 4.78 is 5.88. The van der Waals surface area contributed by atoms with Crippen LogP contribution >= 0.6 is 0 Å². The van der Waals surface area contributed by atoms with Crippen LogP contribution in [0.1, 0.15) is 31.2 Å². The first-order chi connectivity index (χ1) is 12.3. The molecule has 0 unspecified atom stereocenters. The third kappa shape index (κ3) is 5.78. The lowest BCUT2D eigenvalue weighted by molar-refractivity contribution is 0.135. The van der Waals surface area contributed by atoms with Gasteiger partial charge in [-0.05, 0) is 43.7 Å². The minimum absolute atomic E-state index is 0.0787. The van der Waals surface area contributed by atoms with Crippen LogP contribution in [-0.4, -0.2) is 29.7 Å². The Morgan fingerprint density at radius 3 is 2.52 bits per heavy atom. The molecule has 0 spiro atoms. The van der Waals surface area contributed by atoms with Crippen LogP contribution in [0.5, 0.6) is 5.88 Å². The van der Waals surface area contributed by atoms with Crippen LogP contribution in [0, 0.1) is 0 Å². The van der Waals surface area contributed by atoms with Gasteiger partial charge in [-0.3, -0.25) is 0 Å². The van der Waals surface area contributed by atoms with Crippen molar-refractivity contribution in [3.8, 4) is 5.88 Å². The number of ether oxygens (including phenoxy) is 1. The van der Waals surface area contributed by atoms with E-state index in [2.05, 4.69) is 27.8 Å². The molecule has 132 valence electrons. The molecule has 1 fully saturated rings. The fourth-order valence-corrected chi connectivity index (χ4v) is 3.11. The van der Waals surface area contributed by atoms with Gasteiger partial charge in [-0.1, -0.05) is 36.4 Å². The molecule has 0 radical (unpaired) electrons. The number of urea groups is 1. The Bertz CT molecular complexity index is 641. The third-order valence-electron chi connectivity index (χ3n) is 4.48. The highest BCUT2D eigenvalue weighted by molar-refractivity contribution is 5.74. The Balaban J connectivity index is 1.32. The number of hydrogen-bond donors (Lipinski definition) is 2. The number of aromatic nitrogens is 1. The number of nitrogens with zero attached hydrogens (tertiary/aromatic N) is 1. The van der Waals surface area contributed by atoms with Crippen LogP contribution in [0.3, 0.4) is 0 Å². The highest BCUT2D eigenvalue weighted by Crippen LogP contribution is 2.22. The van der Waals surface area contributed by atoms with Gasteiger partial charge in [0.05, 0.1) is 0 Å². The molecule has 0 aliphatic heterocycles. The first-order valence-electron chi connectivity index (χ1n) is 8.95. The van der Waals surface area contributed by atoms with E-state index >= 15 is 0 Å². The number of amides is 2. The molecule has 1 aromatic carbocycles. The van der Waals surface area contributed by atoms with Gasteiger partial charge >= 0.3 is 6.03 Å². The summed E-state index contributed by atoms with van der Waals surface area (Å²) in [5.74, 6) is 0.678. The minimum Gasteiger partial charge on any atom is -0.474 e. The Morgan fingerprint density at radius 1 is 1.04 bits per heavy atom. The number of benzene rings is 1. The molecule has 1 aliphatic rings. The SMILES string of the molecule is O=C(NCCc1ccccc1)NC1CCC(Oc2ccccn2)CC1. The van der Waals surface area contributed by atoms with Gasteiger partial charge in [0.1, 0.15) is 6.10 Å². The van der Waals surface area contributed by atoms with Crippen LogP contribution in [-0.2, 0) is 6.42 Å². The normalized spacial score (nSPS) is 19.8. The van der Waals surface area contributed by atoms with Crippen molar-refractivity contribution in [2.45, 2.75) is 44.2 Å². The Labute approximate surface area is 148 Å². The van der Waals surface area contributed by atoms with E-state index in [-0.39, 0.29) is 18.2 Å². The van der Waals surface area contributed by atoms with Gasteiger partial charge in [0.2, 0.25) is 5.88 Å². The van der Waals surface area contributed by atoms with Gasteiger partial charge in [0.25, 0.3) is 0 Å². The summed E-state index contributed by atoms with van der Waals surface area (Å²) in [7, 11) is 0. The number of hydrogen-bond acceptors (Lipinski definition) is 3. The fourth-order valence-electron chi connectivity index (χ4n) is 3.11. The fraction of sp³-hybridized carbons (Fsp3) is 0.400. The van der Waals surface area contributed by atoms with Crippen molar-refractivity contribution in [1.82, 2.24) is 15.6 Å². The molecular weight excluding hydrogens is 314 g/mol. The van der Waals surface area contributed by atoms with Gasteiger partial charge < -0.3 is 15.4 Å². The maximum Gasteiger partial charge on any atom is 0.315 e. The number of pyridine rings is 1. The van der Waals surface area contributed by atoms with Crippen molar-refractivity contribution in [2.24, 2.45) is 0 Å². The monoisotopic (exact) mass is 339 g/mol. The lowest BCUT2D eigenvalue weighted by atomic mass is 9.93. The van der Waals surface area contributed by atoms with E-state index in [1.165, 1.54) is 5.56 Å². The van der Waals surface area contributed by atoms with Crippen LogP contribution < -0.4 is 15.4 Å². The van der Waals surface area contributed by atoms with Gasteiger partial charge in [0.15, 0.2) is 0 Å². The first-order valence-corrected chi connectivity index (χ1v) is 8.95. The second-order valence-electron chi connectivity index (χ2n) is 6.40. The first kappa shape index (κ1) is 17.3. The zero-order valence-electron chi connectivity index (χ0n) is 14.4. The maximum absolute atomic E-state index is 12.0. The van der Waals surface area contributed by atoms with E-state index < -0.39 is 0 Å². The highest BCUT2D eigenvalue weighted by atomic mass is 16.5. The van der Waals surface area contributed by atoms with Crippen molar-refractivity contribution in [2.75, 3.05) is 6.54 Å². The average Bonchev–Trinajstić information content (AvgIpc) is 2.65. The molecule has 0 bridgehead atoms. The summed E-state index contributed by atoms with van der Waals surface area (Å²) in [6, 6.07) is 16.0. The highest BCUT2D eigenvalue weighted by Gasteiger charge is 2.23. The smallest absolute Gasteiger partial charge is 0.315 e. The number of rotatable bonds is 6. The summed E-state index contributed by atoms with van der Waals surface area (Å²) in [4.78, 5) is 16.2. The van der Waals surface area contributed by atoms with Gasteiger partial charge in [-0.15, -0.1) is 0 Å². The zero-order valence-corrected chi connectivity index (χ0v) is 14.4. The summed E-state index contributed by atoms with van der Waals surface area (Å²) in [5.41, 5.74) is 1.23. The number of carbonyl (C=O) groups is 1. The van der Waals surface area contributed by atoms with Crippen molar-refractivity contribution in [3.63, 3.8) is 0 Å². The third-order valence-corrected chi connectivity index (χ3v) is 4.48. The summed E-state index contributed by atoms with van der Waals surface area (Å²) >= 11 is 0. The van der Waals surface area contributed by atoms with E-state index in [4.69, 9.17) is 4.74 Å². The molecule has 1 aromatic heterocycles. The van der Waals surface area contributed by atoms with Crippen molar-refractivity contribution in [1.29, 1.82) is 0 Å². The molecule has 5 nitrogen and oxygen atoms in total. The standard InChI is InChI=1S/C20H25N3O2/c24-20(22-15-13-16-6-2-1-3-7-16)23-17-9-11-18(12-10-17)25-19-8-4-5-14-21-19/h1-8,14,17-18H,9-13,15H2,(H2,22,23,24). The molecule has 3 rings (SSSR count). The Hall–Kier alpha value is -2.56. The van der Waals surface area contributed by atoms with E-state index in [0.717, 1.165) is 32.1 Å². The number of nitrogens with one attached hydrogen (secondary N) is 2. The van der Waals surface area contributed by atoms with Crippen LogP contribution in [0.15, 0.2) is 54.7 Å². The van der Waals surface area contributed by atoms with Crippen LogP contribution in [0.25, 0.3) is 0 Å². The second-order valence-corrected chi connectivity index (χ2v) is 6.40. The summed E-state index contributed by atoms with van der Waals surface area (Å²) in [6.07, 6.45) is 6.51. The van der Waals surface area contributed by atoms with Crippen molar-refractivity contribution >= 4 is 6.03 Å². The second kappa shape index (κ2) is 9.06. The molecule has 2 N–H and O–H groups in total. The lowest BCUT2D eigenvalue weighted by Crippen LogP contribution is -2.45. The quantitative estimate of drug-likeness (QED) is 0.849. The average molecular weight is 339 g/mol. The summed E-state index contributed by atoms with van der Waals surface area (Å²) in [5, 5.41) is 6.01. The van der Waals surface area contributed by atoms with Gasteiger partial charge in [-0.2, -0.15) is 0 Å². The van der Waals surface area contributed by atoms with E-state index in [0.29, 0.717) is 12.4 Å². The molecular formula is C20H25N3O2. The molecule has 1 heterocycles. The van der Waals surface area contributed by atoms with Crippen molar-refractivity contribution in [3.05, 3.63) is 60.3 Å². The van der Waals surface area contributed by atoms with E-state index in [1.807, 2.05) is 36.4 Å². The van der Waals surface area contributed by atoms with Crippen LogP contribution in [0.2, 0.25) is 0 Å². The molecule has 1 aliphatic carbocycles. The minimum atomic E-state index is -0.0787. The molecule has 2 amide bonds. The predicted octanol–water partition coefficient (Wildman–Crippen LogP) is 3.31. The molecule has 0 saturated heterocycles. The van der Waals surface area contributed by atoms with Gasteiger partial charge in [0, 0.05) is 24.8 Å². The molecule has 25 heavy (non-hydrogen) atoms. The topological polar surface area (TPSA) is 63.2 Å². The molecule has 1 saturated carbocycles.